The molecule has 72 valence electrons. The van der Waals surface area contributed by atoms with Crippen molar-refractivity contribution in [2.45, 2.75) is 6.92 Å². The fourth-order valence-corrected chi connectivity index (χ4v) is 1.53. The van der Waals surface area contributed by atoms with Gasteiger partial charge in [0.15, 0.2) is 0 Å². The maximum atomic E-state index is 8.90. The third-order valence-electron chi connectivity index (χ3n) is 1.86. The number of halogens is 1. The molecule has 0 atom stereocenters. The van der Waals surface area contributed by atoms with Gasteiger partial charge in [-0.2, -0.15) is 5.26 Å². The van der Waals surface area contributed by atoms with Crippen LogP contribution in [0.2, 0.25) is 0 Å². The first kappa shape index (κ1) is 10.8. The second-order valence-corrected chi connectivity index (χ2v) is 3.57. The molecule has 0 heterocycles. The lowest BCUT2D eigenvalue weighted by atomic mass is 10.1. The molecule has 0 aliphatic rings. The van der Waals surface area contributed by atoms with Crippen molar-refractivity contribution >= 4 is 21.5 Å². The monoisotopic (exact) mass is 251 g/mol. The Morgan fingerprint density at radius 1 is 1.57 bits per heavy atom. The Balaban J connectivity index is 3.31. The molecule has 1 aromatic rings. The SMILES string of the molecule is C/C=C(\C#N)c1cc(Br)ccc1OC. The van der Waals surface area contributed by atoms with Crippen LogP contribution in [0.25, 0.3) is 5.57 Å². The van der Waals surface area contributed by atoms with Crippen LogP contribution in [0.3, 0.4) is 0 Å². The van der Waals surface area contributed by atoms with Crippen LogP contribution in [-0.4, -0.2) is 7.11 Å². The topological polar surface area (TPSA) is 33.0 Å². The molecule has 0 radical (unpaired) electrons. The average Bonchev–Trinajstić information content (AvgIpc) is 2.20. The van der Waals surface area contributed by atoms with E-state index in [2.05, 4.69) is 22.0 Å². The van der Waals surface area contributed by atoms with Gasteiger partial charge >= 0.3 is 0 Å². The fraction of sp³-hybridized carbons (Fsp3) is 0.182. The minimum Gasteiger partial charge on any atom is -0.496 e. The first-order chi connectivity index (χ1) is 6.72. The number of hydrogen-bond donors (Lipinski definition) is 0. The lowest BCUT2D eigenvalue weighted by Crippen LogP contribution is -1.90. The molecule has 3 heteroatoms. The highest BCUT2D eigenvalue weighted by Gasteiger charge is 2.07. The minimum atomic E-state index is 0.614. The molecule has 0 fully saturated rings. The zero-order valence-electron chi connectivity index (χ0n) is 8.04. The van der Waals surface area contributed by atoms with Crippen LogP contribution >= 0.6 is 15.9 Å². The van der Waals surface area contributed by atoms with Crippen LogP contribution < -0.4 is 4.74 Å². The number of ether oxygens (including phenoxy) is 1. The van der Waals surface area contributed by atoms with E-state index in [0.717, 1.165) is 10.0 Å². The number of methoxy groups -OCH3 is 1. The normalized spacial score (nSPS) is 10.9. The molecule has 0 N–H and O–H groups in total. The van der Waals surface area contributed by atoms with E-state index in [1.165, 1.54) is 0 Å². The zero-order chi connectivity index (χ0) is 10.6. The summed E-state index contributed by atoms with van der Waals surface area (Å²) in [5.74, 6) is 0.711. The number of rotatable bonds is 2. The highest BCUT2D eigenvalue weighted by atomic mass is 79.9. The van der Waals surface area contributed by atoms with Gasteiger partial charge in [-0.15, -0.1) is 0 Å². The summed E-state index contributed by atoms with van der Waals surface area (Å²) in [6.45, 7) is 1.83. The first-order valence-electron chi connectivity index (χ1n) is 4.13. The standard InChI is InChI=1S/C11H10BrNO/c1-3-8(7-13)10-6-9(12)4-5-11(10)14-2/h3-6H,1-2H3/b8-3+. The summed E-state index contributed by atoms with van der Waals surface area (Å²) in [5.41, 5.74) is 1.43. The van der Waals surface area contributed by atoms with Gasteiger partial charge in [0.25, 0.3) is 0 Å². The molecule has 14 heavy (non-hydrogen) atoms. The predicted octanol–water partition coefficient (Wildman–Crippen LogP) is 3.38. The lowest BCUT2D eigenvalue weighted by Gasteiger charge is -2.07. The molecule has 0 aliphatic carbocycles. The predicted molar refractivity (Wildman–Crippen MR) is 60.0 cm³/mol. The van der Waals surface area contributed by atoms with E-state index >= 15 is 0 Å². The van der Waals surface area contributed by atoms with Gasteiger partial charge in [0.2, 0.25) is 0 Å². The molecular weight excluding hydrogens is 242 g/mol. The summed E-state index contributed by atoms with van der Waals surface area (Å²) in [4.78, 5) is 0. The number of benzene rings is 1. The van der Waals surface area contributed by atoms with Crippen molar-refractivity contribution < 1.29 is 4.74 Å². The van der Waals surface area contributed by atoms with Crippen molar-refractivity contribution in [1.29, 1.82) is 5.26 Å². The molecule has 0 saturated heterocycles. The van der Waals surface area contributed by atoms with E-state index in [1.54, 1.807) is 13.2 Å². The van der Waals surface area contributed by atoms with E-state index in [0.29, 0.717) is 11.3 Å². The Hall–Kier alpha value is -1.27. The maximum absolute atomic E-state index is 8.90. The summed E-state index contributed by atoms with van der Waals surface area (Å²) >= 11 is 3.36. The van der Waals surface area contributed by atoms with E-state index in [1.807, 2.05) is 25.1 Å². The van der Waals surface area contributed by atoms with E-state index in [-0.39, 0.29) is 0 Å². The van der Waals surface area contributed by atoms with Gasteiger partial charge in [-0.25, -0.2) is 0 Å². The molecule has 0 amide bonds. The van der Waals surface area contributed by atoms with Crippen LogP contribution in [0.15, 0.2) is 28.7 Å². The summed E-state index contributed by atoms with van der Waals surface area (Å²) in [7, 11) is 1.59. The Labute approximate surface area is 91.9 Å². The second-order valence-electron chi connectivity index (χ2n) is 2.66. The molecule has 2 nitrogen and oxygen atoms in total. The molecular formula is C11H10BrNO. The second kappa shape index (κ2) is 4.83. The number of nitriles is 1. The van der Waals surface area contributed by atoms with E-state index in [9.17, 15) is 0 Å². The van der Waals surface area contributed by atoms with Crippen molar-refractivity contribution in [1.82, 2.24) is 0 Å². The largest absolute Gasteiger partial charge is 0.496 e. The van der Waals surface area contributed by atoms with Crippen molar-refractivity contribution in [3.63, 3.8) is 0 Å². The minimum absolute atomic E-state index is 0.614. The van der Waals surface area contributed by atoms with E-state index in [4.69, 9.17) is 10.00 Å². The molecule has 0 aliphatic heterocycles. The molecule has 0 unspecified atom stereocenters. The smallest absolute Gasteiger partial charge is 0.127 e. The Morgan fingerprint density at radius 2 is 2.29 bits per heavy atom. The maximum Gasteiger partial charge on any atom is 0.127 e. The third kappa shape index (κ3) is 2.15. The average molecular weight is 252 g/mol. The molecule has 0 spiro atoms. The Kier molecular flexibility index (Phi) is 3.73. The highest BCUT2D eigenvalue weighted by Crippen LogP contribution is 2.28. The van der Waals surface area contributed by atoms with Crippen molar-refractivity contribution in [2.24, 2.45) is 0 Å². The molecule has 1 rings (SSSR count). The number of nitrogens with zero attached hydrogens (tertiary/aromatic N) is 1. The van der Waals surface area contributed by atoms with Gasteiger partial charge in [-0.05, 0) is 25.1 Å². The summed E-state index contributed by atoms with van der Waals surface area (Å²) in [5, 5.41) is 8.90. The fourth-order valence-electron chi connectivity index (χ4n) is 1.17. The number of hydrogen-bond acceptors (Lipinski definition) is 2. The molecule has 1 aromatic carbocycles. The Bertz CT molecular complexity index is 404. The zero-order valence-corrected chi connectivity index (χ0v) is 9.63. The van der Waals surface area contributed by atoms with E-state index < -0.39 is 0 Å². The summed E-state index contributed by atoms with van der Waals surface area (Å²) in [6.07, 6.45) is 1.77. The number of allylic oxidation sites excluding steroid dienone is 2. The van der Waals surface area contributed by atoms with Gasteiger partial charge in [0.05, 0.1) is 18.8 Å². The van der Waals surface area contributed by atoms with Gasteiger partial charge in [-0.3, -0.25) is 0 Å². The first-order valence-corrected chi connectivity index (χ1v) is 4.92. The van der Waals surface area contributed by atoms with Crippen molar-refractivity contribution in [3.05, 3.63) is 34.3 Å². The highest BCUT2D eigenvalue weighted by molar-refractivity contribution is 9.10. The quantitative estimate of drug-likeness (QED) is 0.756. The van der Waals surface area contributed by atoms with Gasteiger partial charge in [0, 0.05) is 10.0 Å². The van der Waals surface area contributed by atoms with Gasteiger partial charge in [0.1, 0.15) is 5.75 Å². The summed E-state index contributed by atoms with van der Waals surface area (Å²) in [6, 6.07) is 7.72. The van der Waals surface area contributed by atoms with Crippen LogP contribution in [0, 0.1) is 11.3 Å². The third-order valence-corrected chi connectivity index (χ3v) is 2.35. The van der Waals surface area contributed by atoms with Gasteiger partial charge in [-0.1, -0.05) is 22.0 Å². The molecule has 0 aromatic heterocycles. The molecule has 0 bridgehead atoms. The van der Waals surface area contributed by atoms with Crippen LogP contribution in [0.1, 0.15) is 12.5 Å². The summed E-state index contributed by atoms with van der Waals surface area (Å²) < 4.78 is 6.11. The van der Waals surface area contributed by atoms with Crippen LogP contribution in [-0.2, 0) is 0 Å². The van der Waals surface area contributed by atoms with Crippen molar-refractivity contribution in [2.75, 3.05) is 7.11 Å². The lowest BCUT2D eigenvalue weighted by molar-refractivity contribution is 0.413. The van der Waals surface area contributed by atoms with Crippen LogP contribution in [0.4, 0.5) is 0 Å². The molecule has 0 saturated carbocycles. The van der Waals surface area contributed by atoms with Crippen molar-refractivity contribution in [3.8, 4) is 11.8 Å². The van der Waals surface area contributed by atoms with Crippen LogP contribution in [0.5, 0.6) is 5.75 Å². The van der Waals surface area contributed by atoms with Gasteiger partial charge < -0.3 is 4.74 Å². The Morgan fingerprint density at radius 3 is 2.79 bits per heavy atom.